The van der Waals surface area contributed by atoms with E-state index in [1.807, 2.05) is 19.9 Å². The molecule has 0 radical (unpaired) electrons. The van der Waals surface area contributed by atoms with Crippen molar-refractivity contribution in [2.24, 2.45) is 0 Å². The van der Waals surface area contributed by atoms with Crippen molar-refractivity contribution in [1.82, 2.24) is 0 Å². The predicted octanol–water partition coefficient (Wildman–Crippen LogP) is 2.77. The van der Waals surface area contributed by atoms with Crippen LogP contribution < -0.4 is 9.47 Å². The van der Waals surface area contributed by atoms with Crippen LogP contribution in [-0.4, -0.2) is 24.3 Å². The highest BCUT2D eigenvalue weighted by atomic mass is 16.6. The number of aliphatic carboxylic acids is 1. The van der Waals surface area contributed by atoms with Crippen LogP contribution in [0.15, 0.2) is 12.1 Å². The lowest BCUT2D eigenvalue weighted by Crippen LogP contribution is -2.19. The smallest absolute Gasteiger partial charge is 0.310 e. The van der Waals surface area contributed by atoms with E-state index in [9.17, 15) is 9.90 Å². The summed E-state index contributed by atoms with van der Waals surface area (Å²) in [5, 5.41) is 9.17. The summed E-state index contributed by atoms with van der Waals surface area (Å²) in [5.74, 6) is 0.249. The highest BCUT2D eigenvalue weighted by Gasteiger charge is 2.26. The van der Waals surface area contributed by atoms with E-state index in [1.165, 1.54) is 0 Å². The molecule has 1 unspecified atom stereocenters. The maximum Gasteiger partial charge on any atom is 0.310 e. The summed E-state index contributed by atoms with van der Waals surface area (Å²) < 4.78 is 11.2. The molecule has 0 saturated heterocycles. The van der Waals surface area contributed by atoms with Gasteiger partial charge in [-0.2, -0.15) is 0 Å². The first-order valence-corrected chi connectivity index (χ1v) is 6.17. The van der Waals surface area contributed by atoms with Gasteiger partial charge in [0.05, 0.1) is 5.92 Å². The first kappa shape index (κ1) is 12.7. The van der Waals surface area contributed by atoms with Crippen LogP contribution in [0.3, 0.4) is 0 Å². The molecule has 0 amide bonds. The Morgan fingerprint density at radius 3 is 2.50 bits per heavy atom. The Morgan fingerprint density at radius 2 is 1.89 bits per heavy atom. The SMILES string of the molecule is CC(C)c1c(C(C)C(=O)O)ccc2c1OCCO2. The number of carbonyl (C=O) groups is 1. The summed E-state index contributed by atoms with van der Waals surface area (Å²) in [6, 6.07) is 3.64. The van der Waals surface area contributed by atoms with Gasteiger partial charge in [0.2, 0.25) is 0 Å². The highest BCUT2D eigenvalue weighted by molar-refractivity contribution is 5.77. The summed E-state index contributed by atoms with van der Waals surface area (Å²) in [4.78, 5) is 11.2. The van der Waals surface area contributed by atoms with Crippen LogP contribution in [0.25, 0.3) is 0 Å². The number of carboxylic acids is 1. The van der Waals surface area contributed by atoms with Gasteiger partial charge in [-0.25, -0.2) is 0 Å². The zero-order valence-corrected chi connectivity index (χ0v) is 10.9. The number of ether oxygens (including phenoxy) is 2. The number of hydrogen-bond acceptors (Lipinski definition) is 3. The number of carboxylic acid groups (broad SMARTS) is 1. The van der Waals surface area contributed by atoms with Crippen molar-refractivity contribution in [3.05, 3.63) is 23.3 Å². The Balaban J connectivity index is 2.56. The van der Waals surface area contributed by atoms with E-state index in [1.54, 1.807) is 13.0 Å². The maximum absolute atomic E-state index is 11.2. The van der Waals surface area contributed by atoms with Crippen LogP contribution in [0.4, 0.5) is 0 Å². The van der Waals surface area contributed by atoms with Crippen molar-refractivity contribution < 1.29 is 19.4 Å². The zero-order valence-electron chi connectivity index (χ0n) is 10.9. The molecule has 1 aromatic carbocycles. The van der Waals surface area contributed by atoms with Crippen LogP contribution in [0, 0.1) is 0 Å². The lowest BCUT2D eigenvalue weighted by molar-refractivity contribution is -0.138. The van der Waals surface area contributed by atoms with Crippen molar-refractivity contribution in [3.8, 4) is 11.5 Å². The monoisotopic (exact) mass is 250 g/mol. The van der Waals surface area contributed by atoms with Crippen molar-refractivity contribution in [1.29, 1.82) is 0 Å². The molecule has 1 aromatic rings. The van der Waals surface area contributed by atoms with Gasteiger partial charge in [-0.05, 0) is 24.5 Å². The lowest BCUT2D eigenvalue weighted by atomic mass is 9.88. The molecule has 18 heavy (non-hydrogen) atoms. The molecule has 1 heterocycles. The van der Waals surface area contributed by atoms with Crippen LogP contribution >= 0.6 is 0 Å². The molecule has 2 rings (SSSR count). The molecule has 1 N–H and O–H groups in total. The van der Waals surface area contributed by atoms with Gasteiger partial charge in [-0.3, -0.25) is 4.79 Å². The lowest BCUT2D eigenvalue weighted by Gasteiger charge is -2.26. The summed E-state index contributed by atoms with van der Waals surface area (Å²) in [5.41, 5.74) is 1.75. The molecule has 0 aromatic heterocycles. The fourth-order valence-electron chi connectivity index (χ4n) is 2.26. The van der Waals surface area contributed by atoms with Gasteiger partial charge in [0, 0.05) is 5.56 Å². The van der Waals surface area contributed by atoms with Gasteiger partial charge >= 0.3 is 5.97 Å². The topological polar surface area (TPSA) is 55.8 Å². The number of rotatable bonds is 3. The molecule has 0 saturated carbocycles. The van der Waals surface area contributed by atoms with Crippen molar-refractivity contribution in [3.63, 3.8) is 0 Å². The third-order valence-corrected chi connectivity index (χ3v) is 3.20. The van der Waals surface area contributed by atoms with E-state index in [4.69, 9.17) is 9.47 Å². The van der Waals surface area contributed by atoms with Gasteiger partial charge in [0.15, 0.2) is 11.5 Å². The molecule has 0 fully saturated rings. The zero-order chi connectivity index (χ0) is 13.3. The number of hydrogen-bond donors (Lipinski definition) is 1. The fourth-order valence-corrected chi connectivity index (χ4v) is 2.26. The predicted molar refractivity (Wildman–Crippen MR) is 67.6 cm³/mol. The Hall–Kier alpha value is -1.71. The second-order valence-corrected chi connectivity index (χ2v) is 4.81. The largest absolute Gasteiger partial charge is 0.486 e. The molecule has 0 bridgehead atoms. The van der Waals surface area contributed by atoms with Crippen molar-refractivity contribution in [2.75, 3.05) is 13.2 Å². The van der Waals surface area contributed by atoms with E-state index in [0.717, 1.165) is 11.1 Å². The summed E-state index contributed by atoms with van der Waals surface area (Å²) in [7, 11) is 0. The third-order valence-electron chi connectivity index (χ3n) is 3.20. The van der Waals surface area contributed by atoms with Crippen LogP contribution in [-0.2, 0) is 4.79 Å². The second-order valence-electron chi connectivity index (χ2n) is 4.81. The molecule has 0 aliphatic carbocycles. The van der Waals surface area contributed by atoms with Crippen LogP contribution in [0.2, 0.25) is 0 Å². The Labute approximate surface area is 107 Å². The van der Waals surface area contributed by atoms with Gasteiger partial charge < -0.3 is 14.6 Å². The molecular weight excluding hydrogens is 232 g/mol. The molecule has 98 valence electrons. The first-order valence-electron chi connectivity index (χ1n) is 6.17. The molecule has 1 aliphatic heterocycles. The normalized spacial score (nSPS) is 15.6. The van der Waals surface area contributed by atoms with Crippen molar-refractivity contribution in [2.45, 2.75) is 32.6 Å². The Bertz CT molecular complexity index is 465. The first-order chi connectivity index (χ1) is 8.52. The summed E-state index contributed by atoms with van der Waals surface area (Å²) in [6.45, 7) is 6.81. The van der Waals surface area contributed by atoms with E-state index in [0.29, 0.717) is 24.7 Å². The molecule has 4 heteroatoms. The van der Waals surface area contributed by atoms with Crippen molar-refractivity contribution >= 4 is 5.97 Å². The second kappa shape index (κ2) is 4.88. The Kier molecular flexibility index (Phi) is 3.45. The third kappa shape index (κ3) is 2.15. The number of benzene rings is 1. The van der Waals surface area contributed by atoms with Gasteiger partial charge in [0.1, 0.15) is 13.2 Å². The van der Waals surface area contributed by atoms with Crippen LogP contribution in [0.1, 0.15) is 43.7 Å². The number of fused-ring (bicyclic) bond motifs is 1. The van der Waals surface area contributed by atoms with Crippen LogP contribution in [0.5, 0.6) is 11.5 Å². The molecule has 0 spiro atoms. The van der Waals surface area contributed by atoms with Gasteiger partial charge in [-0.15, -0.1) is 0 Å². The quantitative estimate of drug-likeness (QED) is 0.896. The van der Waals surface area contributed by atoms with Gasteiger partial charge in [0.25, 0.3) is 0 Å². The van der Waals surface area contributed by atoms with Gasteiger partial charge in [-0.1, -0.05) is 19.9 Å². The van der Waals surface area contributed by atoms with E-state index in [-0.39, 0.29) is 5.92 Å². The molecular formula is C14H18O4. The molecule has 4 nitrogen and oxygen atoms in total. The minimum atomic E-state index is -0.825. The highest BCUT2D eigenvalue weighted by Crippen LogP contribution is 2.42. The Morgan fingerprint density at radius 1 is 1.22 bits per heavy atom. The average Bonchev–Trinajstić information content (AvgIpc) is 2.36. The van der Waals surface area contributed by atoms with E-state index < -0.39 is 11.9 Å². The minimum Gasteiger partial charge on any atom is -0.486 e. The summed E-state index contributed by atoms with van der Waals surface area (Å²) >= 11 is 0. The van der Waals surface area contributed by atoms with E-state index in [2.05, 4.69) is 0 Å². The average molecular weight is 250 g/mol. The maximum atomic E-state index is 11.2. The summed E-state index contributed by atoms with van der Waals surface area (Å²) in [6.07, 6.45) is 0. The molecule has 1 atom stereocenters. The molecule has 1 aliphatic rings. The van der Waals surface area contributed by atoms with E-state index >= 15 is 0 Å². The minimum absolute atomic E-state index is 0.193. The fraction of sp³-hybridized carbons (Fsp3) is 0.500. The standard InChI is InChI=1S/C14H18O4/c1-8(2)12-10(9(3)14(15)16)4-5-11-13(12)18-7-6-17-11/h4-5,8-9H,6-7H2,1-3H3,(H,15,16).